The zero-order chi connectivity index (χ0) is 15.4. The van der Waals surface area contributed by atoms with E-state index in [0.29, 0.717) is 6.42 Å². The van der Waals surface area contributed by atoms with Crippen LogP contribution < -0.4 is 5.32 Å². The minimum atomic E-state index is -1.16. The summed E-state index contributed by atoms with van der Waals surface area (Å²) in [7, 11) is 0. The summed E-state index contributed by atoms with van der Waals surface area (Å²) >= 11 is 1.50. The molecule has 1 atom stereocenters. The van der Waals surface area contributed by atoms with Gasteiger partial charge >= 0.3 is 5.97 Å². The maximum Gasteiger partial charge on any atom is 0.354 e. The Morgan fingerprint density at radius 3 is 2.81 bits per heavy atom. The van der Waals surface area contributed by atoms with Gasteiger partial charge in [0.05, 0.1) is 6.04 Å². The summed E-state index contributed by atoms with van der Waals surface area (Å²) in [5, 5.41) is 14.5. The maximum atomic E-state index is 12.2. The fourth-order valence-corrected chi connectivity index (χ4v) is 2.73. The molecule has 2 N–H and O–H groups in total. The Labute approximate surface area is 125 Å². The largest absolute Gasteiger partial charge is 0.477 e. The minimum absolute atomic E-state index is 0.152. The van der Waals surface area contributed by atoms with Crippen LogP contribution in [0.3, 0.4) is 0 Å². The first-order chi connectivity index (χ1) is 10.0. The van der Waals surface area contributed by atoms with Crippen molar-refractivity contribution in [2.75, 3.05) is 0 Å². The average Bonchev–Trinajstić information content (AvgIpc) is 2.91. The lowest BCUT2D eigenvalue weighted by Gasteiger charge is -2.14. The summed E-state index contributed by atoms with van der Waals surface area (Å²) in [5.74, 6) is -1.49. The first kappa shape index (κ1) is 15.1. The highest BCUT2D eigenvalue weighted by molar-refractivity contribution is 7.09. The SMILES string of the molecule is CCC(NC(=O)c1ccnc(C(=O)O)c1)c1nc(C)cs1. The van der Waals surface area contributed by atoms with Crippen molar-refractivity contribution in [3.8, 4) is 0 Å². The van der Waals surface area contributed by atoms with Gasteiger partial charge in [0.2, 0.25) is 0 Å². The number of carboxylic acid groups (broad SMARTS) is 1. The zero-order valence-corrected chi connectivity index (χ0v) is 12.5. The molecule has 110 valence electrons. The Morgan fingerprint density at radius 1 is 1.48 bits per heavy atom. The van der Waals surface area contributed by atoms with Gasteiger partial charge in [-0.1, -0.05) is 6.92 Å². The van der Waals surface area contributed by atoms with Crippen LogP contribution >= 0.6 is 11.3 Å². The second-order valence-electron chi connectivity index (χ2n) is 4.50. The molecule has 0 aliphatic heterocycles. The summed E-state index contributed by atoms with van der Waals surface area (Å²) in [4.78, 5) is 31.2. The van der Waals surface area contributed by atoms with Gasteiger partial charge in [0.15, 0.2) is 0 Å². The molecule has 0 aromatic carbocycles. The van der Waals surface area contributed by atoms with Crippen molar-refractivity contribution in [1.82, 2.24) is 15.3 Å². The van der Waals surface area contributed by atoms with E-state index in [1.165, 1.54) is 29.7 Å². The summed E-state index contributed by atoms with van der Waals surface area (Å²) in [6.45, 7) is 3.85. The number of carbonyl (C=O) groups is 2. The molecule has 0 spiro atoms. The number of thiazole rings is 1. The number of rotatable bonds is 5. The summed E-state index contributed by atoms with van der Waals surface area (Å²) < 4.78 is 0. The van der Waals surface area contributed by atoms with Gasteiger partial charge in [-0.2, -0.15) is 0 Å². The van der Waals surface area contributed by atoms with Crippen molar-refractivity contribution in [3.05, 3.63) is 45.7 Å². The number of nitrogens with one attached hydrogen (secondary N) is 1. The third-order valence-electron chi connectivity index (χ3n) is 2.89. The molecule has 0 bridgehead atoms. The monoisotopic (exact) mass is 305 g/mol. The van der Waals surface area contributed by atoms with Crippen LogP contribution in [0.1, 0.15) is 50.9 Å². The molecule has 1 unspecified atom stereocenters. The van der Waals surface area contributed by atoms with Crippen LogP contribution in [0, 0.1) is 6.92 Å². The third kappa shape index (κ3) is 3.63. The van der Waals surface area contributed by atoms with Gasteiger partial charge < -0.3 is 10.4 Å². The molecule has 0 aliphatic rings. The van der Waals surface area contributed by atoms with Gasteiger partial charge in [-0.15, -0.1) is 11.3 Å². The molecule has 0 aliphatic carbocycles. The number of amides is 1. The number of carbonyl (C=O) groups excluding carboxylic acids is 1. The van der Waals surface area contributed by atoms with Gasteiger partial charge in [-0.05, 0) is 25.5 Å². The molecule has 21 heavy (non-hydrogen) atoms. The highest BCUT2D eigenvalue weighted by Crippen LogP contribution is 2.21. The smallest absolute Gasteiger partial charge is 0.354 e. The second-order valence-corrected chi connectivity index (χ2v) is 5.39. The third-order valence-corrected chi connectivity index (χ3v) is 3.97. The lowest BCUT2D eigenvalue weighted by Crippen LogP contribution is -2.28. The van der Waals surface area contributed by atoms with Crippen LogP contribution in [0.2, 0.25) is 0 Å². The predicted molar refractivity (Wildman–Crippen MR) is 78.5 cm³/mol. The van der Waals surface area contributed by atoms with E-state index in [-0.39, 0.29) is 23.2 Å². The molecule has 2 aromatic heterocycles. The van der Waals surface area contributed by atoms with Crippen molar-refractivity contribution in [1.29, 1.82) is 0 Å². The Kier molecular flexibility index (Phi) is 4.64. The first-order valence-electron chi connectivity index (χ1n) is 6.43. The van der Waals surface area contributed by atoms with E-state index < -0.39 is 5.97 Å². The molecular weight excluding hydrogens is 290 g/mol. The first-order valence-corrected chi connectivity index (χ1v) is 7.31. The standard InChI is InChI=1S/C14H15N3O3S/c1-3-10(13-16-8(2)7-21-13)17-12(18)9-4-5-15-11(6-9)14(19)20/h4-7,10H,3H2,1-2H3,(H,17,18)(H,19,20). The molecule has 1 amide bonds. The van der Waals surface area contributed by atoms with Crippen LogP contribution in [0.5, 0.6) is 0 Å². The van der Waals surface area contributed by atoms with E-state index in [4.69, 9.17) is 5.11 Å². The normalized spacial score (nSPS) is 11.9. The molecule has 0 saturated carbocycles. The number of carboxylic acids is 1. The highest BCUT2D eigenvalue weighted by atomic mass is 32.1. The fraction of sp³-hybridized carbons (Fsp3) is 0.286. The van der Waals surface area contributed by atoms with Crippen molar-refractivity contribution >= 4 is 23.2 Å². The maximum absolute atomic E-state index is 12.2. The molecule has 2 heterocycles. The minimum Gasteiger partial charge on any atom is -0.477 e. The van der Waals surface area contributed by atoms with E-state index in [1.54, 1.807) is 0 Å². The fourth-order valence-electron chi connectivity index (χ4n) is 1.80. The lowest BCUT2D eigenvalue weighted by atomic mass is 10.1. The van der Waals surface area contributed by atoms with E-state index in [2.05, 4.69) is 15.3 Å². The Bertz CT molecular complexity index is 669. The molecule has 0 saturated heterocycles. The lowest BCUT2D eigenvalue weighted by molar-refractivity contribution is 0.0690. The van der Waals surface area contributed by atoms with Gasteiger partial charge in [0.25, 0.3) is 5.91 Å². The number of hydrogen-bond acceptors (Lipinski definition) is 5. The number of aryl methyl sites for hydroxylation is 1. The van der Waals surface area contributed by atoms with Crippen molar-refractivity contribution in [2.45, 2.75) is 26.3 Å². The van der Waals surface area contributed by atoms with E-state index in [9.17, 15) is 9.59 Å². The van der Waals surface area contributed by atoms with Crippen molar-refractivity contribution in [2.24, 2.45) is 0 Å². The van der Waals surface area contributed by atoms with Gasteiger partial charge in [0, 0.05) is 22.8 Å². The van der Waals surface area contributed by atoms with Crippen LogP contribution in [0.25, 0.3) is 0 Å². The quantitative estimate of drug-likeness (QED) is 0.885. The Morgan fingerprint density at radius 2 is 2.24 bits per heavy atom. The van der Waals surface area contributed by atoms with Crippen LogP contribution in [-0.4, -0.2) is 27.0 Å². The van der Waals surface area contributed by atoms with Crippen LogP contribution in [-0.2, 0) is 0 Å². The Hall–Kier alpha value is -2.28. The number of nitrogens with zero attached hydrogens (tertiary/aromatic N) is 2. The molecule has 0 fully saturated rings. The number of hydrogen-bond donors (Lipinski definition) is 2. The van der Waals surface area contributed by atoms with Crippen LogP contribution in [0.15, 0.2) is 23.7 Å². The van der Waals surface area contributed by atoms with Crippen molar-refractivity contribution < 1.29 is 14.7 Å². The topological polar surface area (TPSA) is 92.2 Å². The molecule has 0 radical (unpaired) electrons. The molecule has 6 nitrogen and oxygen atoms in total. The zero-order valence-electron chi connectivity index (χ0n) is 11.7. The summed E-state index contributed by atoms with van der Waals surface area (Å²) in [5.41, 5.74) is 1.04. The van der Waals surface area contributed by atoms with Gasteiger partial charge in [-0.3, -0.25) is 4.79 Å². The van der Waals surface area contributed by atoms with Gasteiger partial charge in [-0.25, -0.2) is 14.8 Å². The number of aromatic carboxylic acids is 1. The summed E-state index contributed by atoms with van der Waals surface area (Å²) in [6.07, 6.45) is 2.02. The molecule has 2 aromatic rings. The van der Waals surface area contributed by atoms with E-state index in [1.807, 2.05) is 19.2 Å². The average molecular weight is 305 g/mol. The number of aromatic nitrogens is 2. The van der Waals surface area contributed by atoms with E-state index in [0.717, 1.165) is 10.7 Å². The van der Waals surface area contributed by atoms with E-state index >= 15 is 0 Å². The predicted octanol–water partition coefficient (Wildman–Crippen LogP) is 2.43. The molecular formula is C14H15N3O3S. The number of pyridine rings is 1. The second kappa shape index (κ2) is 6.45. The van der Waals surface area contributed by atoms with Crippen molar-refractivity contribution in [3.63, 3.8) is 0 Å². The molecule has 2 rings (SSSR count). The summed E-state index contributed by atoms with van der Waals surface area (Å²) in [6, 6.07) is 2.57. The Balaban J connectivity index is 2.16. The highest BCUT2D eigenvalue weighted by Gasteiger charge is 2.18. The van der Waals surface area contributed by atoms with Crippen LogP contribution in [0.4, 0.5) is 0 Å². The van der Waals surface area contributed by atoms with Gasteiger partial charge in [0.1, 0.15) is 10.7 Å². The molecule has 7 heteroatoms.